The summed E-state index contributed by atoms with van der Waals surface area (Å²) >= 11 is 6.83. The lowest BCUT2D eigenvalue weighted by atomic mass is 9.83. The Labute approximate surface area is 483 Å². The van der Waals surface area contributed by atoms with Crippen LogP contribution < -0.4 is 25.7 Å². The average Bonchev–Trinajstić information content (AvgIpc) is 4.01. The molecule has 6 rings (SSSR count). The molecule has 2 aromatic carbocycles. The fourth-order valence-electron chi connectivity index (χ4n) is 10.4. The van der Waals surface area contributed by atoms with Crippen molar-refractivity contribution in [2.45, 2.75) is 115 Å². The van der Waals surface area contributed by atoms with Gasteiger partial charge in [-0.15, -0.1) is 0 Å². The fourth-order valence-corrected chi connectivity index (χ4v) is 10.7. The van der Waals surface area contributed by atoms with Crippen LogP contribution in [0.2, 0.25) is 5.02 Å². The number of methoxy groups -OCH3 is 2. The van der Waals surface area contributed by atoms with E-state index in [1.54, 1.807) is 38.1 Å². The summed E-state index contributed by atoms with van der Waals surface area (Å²) in [6, 6.07) is 12.1. The highest BCUT2D eigenvalue weighted by molar-refractivity contribution is 6.35. The Kier molecular flexibility index (Phi) is 22.5. The van der Waals surface area contributed by atoms with Gasteiger partial charge >= 0.3 is 12.1 Å². The summed E-state index contributed by atoms with van der Waals surface area (Å²) in [6.07, 6.45) is -0.265. The predicted octanol–water partition coefficient (Wildman–Crippen LogP) is 2.27. The maximum atomic E-state index is 14.5. The lowest BCUT2D eigenvalue weighted by Gasteiger charge is -2.42. The molecule has 4 heterocycles. The number of nitrogens with zero attached hydrogens (tertiary/aromatic N) is 6. The number of rotatable bonds is 22. The average molecular weight is 1170 g/mol. The molecule has 0 aliphatic carbocycles. The van der Waals surface area contributed by atoms with E-state index in [-0.39, 0.29) is 43.9 Å². The van der Waals surface area contributed by atoms with Gasteiger partial charge in [0.2, 0.25) is 29.5 Å². The molecule has 3 aromatic rings. The molecular weight excluding hydrogens is 1090 g/mol. The first kappa shape index (κ1) is 64.5. The molecule has 6 amide bonds. The summed E-state index contributed by atoms with van der Waals surface area (Å²) in [5, 5.41) is 39.9. The van der Waals surface area contributed by atoms with E-state index >= 15 is 0 Å². The number of carbonyl (C=O) groups is 7. The molecule has 8 unspecified atom stereocenters. The molecule has 2 fully saturated rings. The summed E-state index contributed by atoms with van der Waals surface area (Å²) in [6.45, 7) is 4.93. The van der Waals surface area contributed by atoms with Crippen molar-refractivity contribution >= 4 is 69.8 Å². The standard InChI is InChI=1S/C57H80ClN9O15/c1-35-14-13-17-45(79-10)57(77)31-44(80-55(76)61-57)36(2)53-56(4,82-53)46(30-49(72)64(8)42-27-38(26-35)28-43(78-9)52(42)58)81-54(75)37(3)63(7)48(71)19-20-65(22-24-68)51(74)34-66(23-25-69)50(73)32-60-47(70)18-21-67-40(33-62(6)59-5)29-39-15-11-12-16-41(39)67/h11-17,27-29,36-37,44-46,53,59,68-69,77H,18-26,30-34H2,1-10H3,(H,60,70)(H,61,76). The minimum Gasteiger partial charge on any atom is -0.495 e. The number of anilines is 1. The van der Waals surface area contributed by atoms with E-state index in [4.69, 9.17) is 35.3 Å². The molecule has 0 saturated carbocycles. The number of aliphatic hydroxyl groups is 3. The number of epoxide rings is 1. The maximum Gasteiger partial charge on any atom is 0.409 e. The van der Waals surface area contributed by atoms with Crippen molar-refractivity contribution in [2.24, 2.45) is 5.92 Å². The molecule has 24 nitrogen and oxygen atoms in total. The number of para-hydroxylation sites is 1. The van der Waals surface area contributed by atoms with Crippen LogP contribution in [-0.4, -0.2) is 211 Å². The number of carbonyl (C=O) groups excluding carboxylic acids is 7. The van der Waals surface area contributed by atoms with Gasteiger partial charge in [-0.05, 0) is 69.5 Å². The summed E-state index contributed by atoms with van der Waals surface area (Å²) in [4.78, 5) is 101. The summed E-state index contributed by atoms with van der Waals surface area (Å²) < 4.78 is 31.5. The van der Waals surface area contributed by atoms with Crippen LogP contribution in [0, 0.1) is 5.92 Å². The number of hydrazine groups is 1. The second-order valence-corrected chi connectivity index (χ2v) is 21.6. The highest BCUT2D eigenvalue weighted by Crippen LogP contribution is 2.49. The van der Waals surface area contributed by atoms with Crippen LogP contribution in [0.15, 0.2) is 66.3 Å². The fraction of sp³-hybridized carbons (Fsp3) is 0.561. The number of esters is 1. The third kappa shape index (κ3) is 15.7. The van der Waals surface area contributed by atoms with Crippen molar-refractivity contribution in [3.63, 3.8) is 0 Å². The first-order valence-corrected chi connectivity index (χ1v) is 27.6. The van der Waals surface area contributed by atoms with Gasteiger partial charge in [0.25, 0.3) is 0 Å². The highest BCUT2D eigenvalue weighted by atomic mass is 35.5. The number of aliphatic hydroxyl groups excluding tert-OH is 2. The van der Waals surface area contributed by atoms with E-state index < -0.39 is 122 Å². The number of ether oxygens (including phenoxy) is 5. The lowest BCUT2D eigenvalue weighted by Crippen LogP contribution is -2.63. The van der Waals surface area contributed by atoms with Crippen molar-refractivity contribution in [1.82, 2.24) is 40.3 Å². The first-order valence-electron chi connectivity index (χ1n) is 27.3. The second kappa shape index (κ2) is 28.6. The number of likely N-dealkylation sites (N-methyl/N-ethyl adjacent to an activating group) is 1. The van der Waals surface area contributed by atoms with Crippen molar-refractivity contribution in [2.75, 3.05) is 93.2 Å². The van der Waals surface area contributed by atoms with E-state index in [1.165, 1.54) is 45.0 Å². The van der Waals surface area contributed by atoms with E-state index in [1.807, 2.05) is 60.9 Å². The number of halogens is 1. The van der Waals surface area contributed by atoms with Gasteiger partial charge in [-0.1, -0.05) is 60.5 Å². The maximum absolute atomic E-state index is 14.5. The molecule has 0 radical (unpaired) electrons. The normalized spacial score (nSPS) is 23.2. The van der Waals surface area contributed by atoms with Gasteiger partial charge in [0.1, 0.15) is 40.7 Å². The molecular formula is C57H80ClN9O15. The molecule has 450 valence electrons. The monoisotopic (exact) mass is 1170 g/mol. The summed E-state index contributed by atoms with van der Waals surface area (Å²) in [5.74, 6) is -4.08. The zero-order valence-electron chi connectivity index (χ0n) is 48.4. The Hall–Kier alpha value is -6.64. The van der Waals surface area contributed by atoms with Gasteiger partial charge in [-0.25, -0.2) is 14.6 Å². The number of hydrogen-bond acceptors (Lipinski definition) is 17. The van der Waals surface area contributed by atoms with Gasteiger partial charge in [0.15, 0.2) is 5.72 Å². The molecule has 3 aliphatic heterocycles. The van der Waals surface area contributed by atoms with Crippen molar-refractivity contribution in [3.05, 3.63) is 82.5 Å². The molecule has 2 saturated heterocycles. The summed E-state index contributed by atoms with van der Waals surface area (Å²) in [5.41, 5.74) is 3.65. The Morgan fingerprint density at radius 2 is 1.70 bits per heavy atom. The van der Waals surface area contributed by atoms with E-state index in [2.05, 4.69) is 22.1 Å². The van der Waals surface area contributed by atoms with E-state index in [0.29, 0.717) is 30.9 Å². The number of benzene rings is 2. The van der Waals surface area contributed by atoms with E-state index in [0.717, 1.165) is 37.5 Å². The number of fused-ring (bicyclic) bond motifs is 6. The Balaban J connectivity index is 1.12. The number of aryl methyl sites for hydroxylation is 1. The number of aromatic nitrogens is 1. The molecule has 8 atom stereocenters. The van der Waals surface area contributed by atoms with Crippen molar-refractivity contribution in [3.8, 4) is 5.75 Å². The largest absolute Gasteiger partial charge is 0.495 e. The number of nitrogens with one attached hydrogen (secondary N) is 3. The number of allylic oxidation sites excluding steroid dienone is 3. The van der Waals surface area contributed by atoms with Gasteiger partial charge in [0.05, 0.1) is 58.2 Å². The van der Waals surface area contributed by atoms with Gasteiger partial charge in [0, 0.05) is 90.8 Å². The molecule has 4 bridgehead atoms. The molecule has 25 heteroatoms. The Morgan fingerprint density at radius 1 is 0.988 bits per heavy atom. The van der Waals surface area contributed by atoms with Crippen LogP contribution in [0.25, 0.3) is 10.9 Å². The third-order valence-electron chi connectivity index (χ3n) is 15.6. The van der Waals surface area contributed by atoms with Crippen LogP contribution in [-0.2, 0) is 67.2 Å². The van der Waals surface area contributed by atoms with Crippen molar-refractivity contribution < 1.29 is 72.6 Å². The van der Waals surface area contributed by atoms with Crippen LogP contribution in [0.4, 0.5) is 10.5 Å². The molecule has 1 aromatic heterocycles. The predicted molar refractivity (Wildman–Crippen MR) is 303 cm³/mol. The topological polar surface area (TPSA) is 287 Å². The second-order valence-electron chi connectivity index (χ2n) is 21.2. The van der Waals surface area contributed by atoms with Gasteiger partial charge in [-0.3, -0.25) is 34.7 Å². The summed E-state index contributed by atoms with van der Waals surface area (Å²) in [7, 11) is 9.45. The smallest absolute Gasteiger partial charge is 0.409 e. The minimum absolute atomic E-state index is 0.0508. The zero-order chi connectivity index (χ0) is 60.2. The van der Waals surface area contributed by atoms with Gasteiger partial charge < -0.3 is 68.5 Å². The number of amides is 6. The molecule has 6 N–H and O–H groups in total. The minimum atomic E-state index is -1.91. The van der Waals surface area contributed by atoms with Crippen LogP contribution in [0.5, 0.6) is 5.75 Å². The lowest BCUT2D eigenvalue weighted by molar-refractivity contribution is -0.162. The van der Waals surface area contributed by atoms with Crippen molar-refractivity contribution in [1.29, 1.82) is 0 Å². The first-order chi connectivity index (χ1) is 38.9. The Bertz CT molecular complexity index is 2870. The number of hydrogen-bond donors (Lipinski definition) is 6. The highest BCUT2D eigenvalue weighted by Gasteiger charge is 2.64. The number of alkyl carbamates (subject to hydrolysis) is 1. The quantitative estimate of drug-likeness (QED) is 0.0478. The van der Waals surface area contributed by atoms with E-state index in [9.17, 15) is 48.9 Å². The van der Waals surface area contributed by atoms with Crippen LogP contribution in [0.1, 0.15) is 64.6 Å². The molecule has 0 spiro atoms. The molecule has 82 heavy (non-hydrogen) atoms. The van der Waals surface area contributed by atoms with Gasteiger partial charge in [-0.2, -0.15) is 0 Å². The Morgan fingerprint density at radius 3 is 2.38 bits per heavy atom. The zero-order valence-corrected chi connectivity index (χ0v) is 49.2. The van der Waals surface area contributed by atoms with Crippen LogP contribution >= 0.6 is 11.6 Å². The molecule has 3 aliphatic rings. The van der Waals surface area contributed by atoms with Crippen LogP contribution in [0.3, 0.4) is 0 Å². The SMILES string of the molecule is CNN(C)Cc1cc2ccccc2n1CCC(=O)NCC(=O)N(CCO)CC(=O)N(CCO)CCC(=O)N(C)C(C)C(=O)OC1CC(=O)N(C)c2cc(cc(OC)c2Cl)CC(C)=CC=CC(OC)C2(O)CC(OC(=O)N2)C(C)C2OC12C. The third-order valence-corrected chi connectivity index (χ3v) is 15.9.